The molecule has 2 aromatic rings. The molecule has 0 spiro atoms. The van der Waals surface area contributed by atoms with Crippen LogP contribution in [-0.2, 0) is 17.8 Å². The lowest BCUT2D eigenvalue weighted by Gasteiger charge is -2.22. The van der Waals surface area contributed by atoms with Gasteiger partial charge in [-0.05, 0) is 43.7 Å². The Bertz CT molecular complexity index is 610. The van der Waals surface area contributed by atoms with E-state index < -0.39 is 5.97 Å². The normalized spacial score (nSPS) is 12.1. The van der Waals surface area contributed by atoms with Gasteiger partial charge in [-0.2, -0.15) is 0 Å². The van der Waals surface area contributed by atoms with Crippen LogP contribution in [0.3, 0.4) is 0 Å². The number of nitrogens with zero attached hydrogens (tertiary/aromatic N) is 1. The summed E-state index contributed by atoms with van der Waals surface area (Å²) in [7, 11) is 1.83. The van der Waals surface area contributed by atoms with Crippen molar-refractivity contribution >= 4 is 5.97 Å². The van der Waals surface area contributed by atoms with Crippen LogP contribution in [0.15, 0.2) is 54.6 Å². The third kappa shape index (κ3) is 5.75. The molecule has 0 amide bonds. The Hall–Kier alpha value is -2.33. The fourth-order valence-corrected chi connectivity index (χ4v) is 2.33. The highest BCUT2D eigenvalue weighted by atomic mass is 16.5. The summed E-state index contributed by atoms with van der Waals surface area (Å²) in [6, 6.07) is 18.2. The van der Waals surface area contributed by atoms with Crippen LogP contribution in [0.5, 0.6) is 5.75 Å². The van der Waals surface area contributed by atoms with E-state index in [1.807, 2.05) is 73.5 Å². The number of carboxylic acid groups (broad SMARTS) is 1. The minimum absolute atomic E-state index is 0.0550. The van der Waals surface area contributed by atoms with Crippen LogP contribution in [0.4, 0.5) is 0 Å². The summed E-state index contributed by atoms with van der Waals surface area (Å²) in [5.41, 5.74) is 2.31. The van der Waals surface area contributed by atoms with Crippen LogP contribution < -0.4 is 4.74 Å². The summed E-state index contributed by atoms with van der Waals surface area (Å²) < 4.78 is 5.76. The van der Waals surface area contributed by atoms with Crippen molar-refractivity contribution in [2.75, 3.05) is 13.6 Å². The van der Waals surface area contributed by atoms with Gasteiger partial charge in [-0.15, -0.1) is 0 Å². The van der Waals surface area contributed by atoms with E-state index in [4.69, 9.17) is 9.84 Å². The first-order chi connectivity index (χ1) is 11.0. The largest absolute Gasteiger partial charge is 0.489 e. The molecule has 4 nitrogen and oxygen atoms in total. The van der Waals surface area contributed by atoms with Crippen LogP contribution >= 0.6 is 0 Å². The maximum absolute atomic E-state index is 10.7. The Morgan fingerprint density at radius 2 is 1.74 bits per heavy atom. The summed E-state index contributed by atoms with van der Waals surface area (Å²) in [4.78, 5) is 12.6. The number of ether oxygens (including phenoxy) is 1. The quantitative estimate of drug-likeness (QED) is 0.813. The standard InChI is InChI=1S/C19H23NO3/c1-15(20(2)13-19(21)22)12-16-8-10-18(11-9-16)23-14-17-6-4-3-5-7-17/h3-11,15H,12-14H2,1-2H3,(H,21,22). The monoisotopic (exact) mass is 313 g/mol. The number of rotatable bonds is 8. The zero-order valence-corrected chi connectivity index (χ0v) is 13.6. The molecule has 0 heterocycles. The van der Waals surface area contributed by atoms with E-state index in [2.05, 4.69) is 0 Å². The number of aliphatic carboxylic acids is 1. The van der Waals surface area contributed by atoms with Crippen LogP contribution in [0.2, 0.25) is 0 Å². The molecule has 0 saturated heterocycles. The first-order valence-corrected chi connectivity index (χ1v) is 7.72. The minimum atomic E-state index is -0.802. The van der Waals surface area contributed by atoms with Gasteiger partial charge in [0.05, 0.1) is 6.54 Å². The number of carboxylic acids is 1. The third-order valence-electron chi connectivity index (χ3n) is 3.84. The molecule has 1 atom stereocenters. The van der Waals surface area contributed by atoms with Gasteiger partial charge in [-0.1, -0.05) is 42.5 Å². The first-order valence-electron chi connectivity index (χ1n) is 7.72. The van der Waals surface area contributed by atoms with Gasteiger partial charge in [0.15, 0.2) is 0 Å². The molecule has 0 aromatic heterocycles. The lowest BCUT2D eigenvalue weighted by molar-refractivity contribution is -0.138. The molecular weight excluding hydrogens is 290 g/mol. The molecule has 0 aliphatic heterocycles. The highest BCUT2D eigenvalue weighted by Gasteiger charge is 2.12. The molecule has 1 N–H and O–H groups in total. The molecule has 0 aliphatic carbocycles. The predicted molar refractivity (Wildman–Crippen MR) is 90.6 cm³/mol. The van der Waals surface area contributed by atoms with E-state index in [0.717, 1.165) is 17.7 Å². The van der Waals surface area contributed by atoms with E-state index in [9.17, 15) is 4.79 Å². The molecule has 0 fully saturated rings. The number of likely N-dealkylation sites (N-methyl/N-ethyl adjacent to an activating group) is 1. The second kappa shape index (κ2) is 8.34. The third-order valence-corrected chi connectivity index (χ3v) is 3.84. The van der Waals surface area contributed by atoms with Crippen molar-refractivity contribution in [3.05, 3.63) is 65.7 Å². The average Bonchev–Trinajstić information content (AvgIpc) is 2.54. The molecule has 0 bridgehead atoms. The zero-order valence-electron chi connectivity index (χ0n) is 13.6. The number of carbonyl (C=O) groups is 1. The van der Waals surface area contributed by atoms with Gasteiger partial charge in [0.2, 0.25) is 0 Å². The molecule has 0 aliphatic rings. The van der Waals surface area contributed by atoms with Crippen molar-refractivity contribution < 1.29 is 14.6 Å². The molecular formula is C19H23NO3. The van der Waals surface area contributed by atoms with E-state index >= 15 is 0 Å². The van der Waals surface area contributed by atoms with Gasteiger partial charge < -0.3 is 9.84 Å². The predicted octanol–water partition coefficient (Wildman–Crippen LogP) is 3.21. The summed E-state index contributed by atoms with van der Waals surface area (Å²) in [6.07, 6.45) is 0.808. The van der Waals surface area contributed by atoms with Gasteiger partial charge in [-0.25, -0.2) is 0 Å². The molecule has 2 rings (SSSR count). The Morgan fingerprint density at radius 1 is 1.09 bits per heavy atom. The molecule has 122 valence electrons. The summed E-state index contributed by atoms with van der Waals surface area (Å²) >= 11 is 0. The van der Waals surface area contributed by atoms with Gasteiger partial charge in [0.25, 0.3) is 0 Å². The lowest BCUT2D eigenvalue weighted by Crippen LogP contribution is -2.35. The van der Waals surface area contributed by atoms with Crippen molar-refractivity contribution in [2.24, 2.45) is 0 Å². The zero-order chi connectivity index (χ0) is 16.7. The fourth-order valence-electron chi connectivity index (χ4n) is 2.33. The van der Waals surface area contributed by atoms with E-state index in [-0.39, 0.29) is 12.6 Å². The average molecular weight is 313 g/mol. The molecule has 1 unspecified atom stereocenters. The van der Waals surface area contributed by atoms with E-state index in [1.54, 1.807) is 0 Å². The maximum Gasteiger partial charge on any atom is 0.317 e. The van der Waals surface area contributed by atoms with Gasteiger partial charge >= 0.3 is 5.97 Å². The van der Waals surface area contributed by atoms with Crippen LogP contribution in [-0.4, -0.2) is 35.6 Å². The SMILES string of the molecule is CC(Cc1ccc(OCc2ccccc2)cc1)N(C)CC(=O)O. The first kappa shape index (κ1) is 17.0. The van der Waals surface area contributed by atoms with E-state index in [1.165, 1.54) is 5.56 Å². The summed E-state index contributed by atoms with van der Waals surface area (Å²) in [5.74, 6) is 0.0353. The van der Waals surface area contributed by atoms with Crippen LogP contribution in [0, 0.1) is 0 Å². The highest BCUT2D eigenvalue weighted by molar-refractivity contribution is 5.69. The van der Waals surface area contributed by atoms with Gasteiger partial charge in [0.1, 0.15) is 12.4 Å². The number of benzene rings is 2. The fraction of sp³-hybridized carbons (Fsp3) is 0.316. The Kier molecular flexibility index (Phi) is 6.18. The molecule has 23 heavy (non-hydrogen) atoms. The Morgan fingerprint density at radius 3 is 2.35 bits per heavy atom. The van der Waals surface area contributed by atoms with Gasteiger partial charge in [0, 0.05) is 6.04 Å². The summed E-state index contributed by atoms with van der Waals surface area (Å²) in [6.45, 7) is 2.64. The second-order valence-corrected chi connectivity index (χ2v) is 5.78. The second-order valence-electron chi connectivity index (χ2n) is 5.78. The number of hydrogen-bond donors (Lipinski definition) is 1. The summed E-state index contributed by atoms with van der Waals surface area (Å²) in [5, 5.41) is 8.83. The van der Waals surface area contributed by atoms with Crippen molar-refractivity contribution in [1.82, 2.24) is 4.90 Å². The topological polar surface area (TPSA) is 49.8 Å². The smallest absolute Gasteiger partial charge is 0.317 e. The number of hydrogen-bond acceptors (Lipinski definition) is 3. The van der Waals surface area contributed by atoms with Crippen molar-refractivity contribution in [3.8, 4) is 5.75 Å². The molecule has 2 aromatic carbocycles. The molecule has 0 saturated carbocycles. The van der Waals surface area contributed by atoms with E-state index in [0.29, 0.717) is 6.61 Å². The van der Waals surface area contributed by atoms with Crippen LogP contribution in [0.25, 0.3) is 0 Å². The minimum Gasteiger partial charge on any atom is -0.489 e. The lowest BCUT2D eigenvalue weighted by atomic mass is 10.1. The maximum atomic E-state index is 10.7. The van der Waals surface area contributed by atoms with Crippen molar-refractivity contribution in [1.29, 1.82) is 0 Å². The van der Waals surface area contributed by atoms with Crippen LogP contribution in [0.1, 0.15) is 18.1 Å². The molecule has 0 radical (unpaired) electrons. The van der Waals surface area contributed by atoms with Crippen molar-refractivity contribution in [2.45, 2.75) is 26.0 Å². The Balaban J connectivity index is 1.85. The highest BCUT2D eigenvalue weighted by Crippen LogP contribution is 2.16. The van der Waals surface area contributed by atoms with Crippen molar-refractivity contribution in [3.63, 3.8) is 0 Å². The van der Waals surface area contributed by atoms with Gasteiger partial charge in [-0.3, -0.25) is 9.69 Å². The molecule has 4 heteroatoms. The Labute approximate surface area is 137 Å².